The van der Waals surface area contributed by atoms with E-state index >= 15 is 0 Å². The SMILES string of the molecule is CCOC(=O)CCc1ncccn1. The number of carbonyl (C=O) groups is 1. The van der Waals surface area contributed by atoms with Gasteiger partial charge in [-0.3, -0.25) is 4.79 Å². The van der Waals surface area contributed by atoms with Gasteiger partial charge in [0, 0.05) is 18.8 Å². The van der Waals surface area contributed by atoms with Gasteiger partial charge in [-0.2, -0.15) is 0 Å². The Kier molecular flexibility index (Phi) is 3.88. The largest absolute Gasteiger partial charge is 0.466 e. The fourth-order valence-electron chi connectivity index (χ4n) is 0.906. The van der Waals surface area contributed by atoms with E-state index in [0.717, 1.165) is 0 Å². The van der Waals surface area contributed by atoms with Crippen molar-refractivity contribution in [1.29, 1.82) is 0 Å². The van der Waals surface area contributed by atoms with Crippen LogP contribution in [0, 0.1) is 0 Å². The highest BCUT2D eigenvalue weighted by atomic mass is 16.5. The van der Waals surface area contributed by atoms with Gasteiger partial charge in [-0.1, -0.05) is 0 Å². The molecule has 1 aromatic rings. The maximum Gasteiger partial charge on any atom is 0.306 e. The third-order valence-corrected chi connectivity index (χ3v) is 1.48. The quantitative estimate of drug-likeness (QED) is 0.648. The summed E-state index contributed by atoms with van der Waals surface area (Å²) in [5, 5.41) is 0. The van der Waals surface area contributed by atoms with E-state index in [1.54, 1.807) is 25.4 Å². The zero-order chi connectivity index (χ0) is 9.52. The van der Waals surface area contributed by atoms with Crippen molar-refractivity contribution in [3.63, 3.8) is 0 Å². The zero-order valence-corrected chi connectivity index (χ0v) is 7.56. The lowest BCUT2D eigenvalue weighted by atomic mass is 10.3. The lowest BCUT2D eigenvalue weighted by Gasteiger charge is -1.99. The van der Waals surface area contributed by atoms with Crippen LogP contribution in [-0.4, -0.2) is 22.5 Å². The monoisotopic (exact) mass is 180 g/mol. The summed E-state index contributed by atoms with van der Waals surface area (Å²) in [6, 6.07) is 1.74. The Morgan fingerprint density at radius 2 is 2.15 bits per heavy atom. The first kappa shape index (κ1) is 9.64. The third kappa shape index (κ3) is 3.64. The number of nitrogens with zero attached hydrogens (tertiary/aromatic N) is 2. The Morgan fingerprint density at radius 3 is 2.77 bits per heavy atom. The highest BCUT2D eigenvalue weighted by Gasteiger charge is 2.02. The number of rotatable bonds is 4. The van der Waals surface area contributed by atoms with E-state index in [0.29, 0.717) is 25.3 Å². The van der Waals surface area contributed by atoms with E-state index in [-0.39, 0.29) is 5.97 Å². The summed E-state index contributed by atoms with van der Waals surface area (Å²) in [6.07, 6.45) is 4.21. The van der Waals surface area contributed by atoms with Gasteiger partial charge >= 0.3 is 5.97 Å². The van der Waals surface area contributed by atoms with Crippen molar-refractivity contribution < 1.29 is 9.53 Å². The van der Waals surface area contributed by atoms with Gasteiger partial charge in [0.2, 0.25) is 0 Å². The number of carbonyl (C=O) groups excluding carboxylic acids is 1. The van der Waals surface area contributed by atoms with Crippen LogP contribution in [0.4, 0.5) is 0 Å². The summed E-state index contributed by atoms with van der Waals surface area (Å²) < 4.78 is 4.77. The summed E-state index contributed by atoms with van der Waals surface area (Å²) in [6.45, 7) is 2.21. The van der Waals surface area contributed by atoms with Crippen LogP contribution in [0.25, 0.3) is 0 Å². The molecule has 0 aromatic carbocycles. The molecule has 0 aliphatic rings. The predicted molar refractivity (Wildman–Crippen MR) is 47.0 cm³/mol. The molecule has 0 radical (unpaired) electrons. The van der Waals surface area contributed by atoms with Gasteiger partial charge in [-0.25, -0.2) is 9.97 Å². The summed E-state index contributed by atoms with van der Waals surface area (Å²) in [4.78, 5) is 18.9. The Morgan fingerprint density at radius 1 is 1.46 bits per heavy atom. The maximum absolute atomic E-state index is 10.9. The molecule has 0 aliphatic heterocycles. The Balaban J connectivity index is 2.31. The first-order chi connectivity index (χ1) is 6.33. The number of aryl methyl sites for hydroxylation is 1. The van der Waals surface area contributed by atoms with E-state index in [2.05, 4.69) is 9.97 Å². The molecule has 1 heterocycles. The van der Waals surface area contributed by atoms with Crippen LogP contribution in [0.5, 0.6) is 0 Å². The molecule has 0 aliphatic carbocycles. The second-order valence-corrected chi connectivity index (χ2v) is 2.47. The van der Waals surface area contributed by atoms with Gasteiger partial charge in [0.15, 0.2) is 0 Å². The molecule has 1 rings (SSSR count). The van der Waals surface area contributed by atoms with Crippen LogP contribution < -0.4 is 0 Å². The van der Waals surface area contributed by atoms with Gasteiger partial charge in [-0.15, -0.1) is 0 Å². The van der Waals surface area contributed by atoms with Gasteiger partial charge < -0.3 is 4.74 Å². The maximum atomic E-state index is 10.9. The van der Waals surface area contributed by atoms with Crippen molar-refractivity contribution in [3.8, 4) is 0 Å². The van der Waals surface area contributed by atoms with Gasteiger partial charge in [-0.05, 0) is 13.0 Å². The van der Waals surface area contributed by atoms with Crippen molar-refractivity contribution in [3.05, 3.63) is 24.3 Å². The van der Waals surface area contributed by atoms with Crippen molar-refractivity contribution in [2.75, 3.05) is 6.61 Å². The molecule has 1 aromatic heterocycles. The minimum atomic E-state index is -0.199. The first-order valence-electron chi connectivity index (χ1n) is 4.24. The Bertz CT molecular complexity index is 262. The molecule has 0 bridgehead atoms. The lowest BCUT2D eigenvalue weighted by molar-refractivity contribution is -0.143. The average molecular weight is 180 g/mol. The topological polar surface area (TPSA) is 52.1 Å². The summed E-state index contributed by atoms with van der Waals surface area (Å²) in [5.74, 6) is 0.477. The molecule has 0 saturated heterocycles. The second-order valence-electron chi connectivity index (χ2n) is 2.47. The van der Waals surface area contributed by atoms with E-state index in [1.807, 2.05) is 0 Å². The fraction of sp³-hybridized carbons (Fsp3) is 0.444. The molecule has 13 heavy (non-hydrogen) atoms. The molecule has 0 fully saturated rings. The van der Waals surface area contributed by atoms with Crippen molar-refractivity contribution in [1.82, 2.24) is 9.97 Å². The van der Waals surface area contributed by atoms with Crippen molar-refractivity contribution >= 4 is 5.97 Å². The summed E-state index contributed by atoms with van der Waals surface area (Å²) in [5.41, 5.74) is 0. The molecule has 0 spiro atoms. The van der Waals surface area contributed by atoms with E-state index in [9.17, 15) is 4.79 Å². The summed E-state index contributed by atoms with van der Waals surface area (Å²) >= 11 is 0. The zero-order valence-electron chi connectivity index (χ0n) is 7.56. The van der Waals surface area contributed by atoms with E-state index in [4.69, 9.17) is 4.74 Å². The van der Waals surface area contributed by atoms with Crippen LogP contribution in [0.1, 0.15) is 19.2 Å². The van der Waals surface area contributed by atoms with Crippen LogP contribution in [0.15, 0.2) is 18.5 Å². The first-order valence-corrected chi connectivity index (χ1v) is 4.24. The molecule has 0 atom stereocenters. The smallest absolute Gasteiger partial charge is 0.306 e. The minimum absolute atomic E-state index is 0.199. The predicted octanol–water partition coefficient (Wildman–Crippen LogP) is 0.972. The van der Waals surface area contributed by atoms with Crippen LogP contribution >= 0.6 is 0 Å². The highest BCUT2D eigenvalue weighted by molar-refractivity contribution is 5.69. The molecule has 0 amide bonds. The number of aromatic nitrogens is 2. The van der Waals surface area contributed by atoms with Crippen LogP contribution in [0.3, 0.4) is 0 Å². The second kappa shape index (κ2) is 5.24. The van der Waals surface area contributed by atoms with Gasteiger partial charge in [0.25, 0.3) is 0 Å². The van der Waals surface area contributed by atoms with Gasteiger partial charge in [0.1, 0.15) is 5.82 Å². The summed E-state index contributed by atoms with van der Waals surface area (Å²) in [7, 11) is 0. The number of hydrogen-bond acceptors (Lipinski definition) is 4. The van der Waals surface area contributed by atoms with E-state index in [1.165, 1.54) is 0 Å². The molecule has 0 unspecified atom stereocenters. The molecule has 0 saturated carbocycles. The molecule has 4 nitrogen and oxygen atoms in total. The van der Waals surface area contributed by atoms with E-state index < -0.39 is 0 Å². The number of ether oxygens (including phenoxy) is 1. The normalized spacial score (nSPS) is 9.62. The Hall–Kier alpha value is -1.45. The average Bonchev–Trinajstić information content (AvgIpc) is 2.17. The fourth-order valence-corrected chi connectivity index (χ4v) is 0.906. The standard InChI is InChI=1S/C9H12N2O2/c1-2-13-9(12)5-4-8-10-6-3-7-11-8/h3,6-7H,2,4-5H2,1H3. The number of esters is 1. The minimum Gasteiger partial charge on any atom is -0.466 e. The highest BCUT2D eigenvalue weighted by Crippen LogP contribution is 1.95. The molecular weight excluding hydrogens is 168 g/mol. The molecule has 70 valence electrons. The number of hydrogen-bond donors (Lipinski definition) is 0. The van der Waals surface area contributed by atoms with Crippen LogP contribution in [0.2, 0.25) is 0 Å². The lowest BCUT2D eigenvalue weighted by Crippen LogP contribution is -2.06. The van der Waals surface area contributed by atoms with Crippen molar-refractivity contribution in [2.24, 2.45) is 0 Å². The molecule has 0 N–H and O–H groups in total. The van der Waals surface area contributed by atoms with Crippen LogP contribution in [-0.2, 0) is 16.0 Å². The Labute approximate surface area is 77.0 Å². The van der Waals surface area contributed by atoms with Crippen molar-refractivity contribution in [2.45, 2.75) is 19.8 Å². The van der Waals surface area contributed by atoms with Gasteiger partial charge in [0.05, 0.1) is 13.0 Å². The molecular formula is C9H12N2O2. The third-order valence-electron chi connectivity index (χ3n) is 1.48. The molecule has 4 heteroatoms.